The van der Waals surface area contributed by atoms with Gasteiger partial charge >= 0.3 is 6.09 Å². The van der Waals surface area contributed by atoms with Gasteiger partial charge in [0.25, 0.3) is 11.5 Å². The molecule has 36 heavy (non-hydrogen) atoms. The number of carbonyl (C=O) groups is 2. The number of carbonyl (C=O) groups excluding carboxylic acids is 2. The fourth-order valence-electron chi connectivity index (χ4n) is 5.13. The predicted molar refractivity (Wildman–Crippen MR) is 127 cm³/mol. The number of anilines is 1. The molecule has 0 aliphatic heterocycles. The number of hydrogen-bond donors (Lipinski definition) is 3. The first kappa shape index (κ1) is 24.5. The number of alkyl halides is 2. The second-order valence-corrected chi connectivity index (χ2v) is 10.5. The Morgan fingerprint density at radius 1 is 1.22 bits per heavy atom. The molecule has 11 heteroatoms. The van der Waals surface area contributed by atoms with Crippen LogP contribution in [0.3, 0.4) is 0 Å². The summed E-state index contributed by atoms with van der Waals surface area (Å²) in [5, 5.41) is 9.84. The number of pyridine rings is 1. The summed E-state index contributed by atoms with van der Waals surface area (Å²) in [4.78, 5) is 40.9. The van der Waals surface area contributed by atoms with Gasteiger partial charge in [0.1, 0.15) is 12.1 Å². The molecule has 3 saturated carbocycles. The fraction of sp³-hybridized carbons (Fsp3) is 0.600. The summed E-state index contributed by atoms with van der Waals surface area (Å²) in [6.45, 7) is 3.72. The molecule has 194 valence electrons. The number of hydrogen-bond acceptors (Lipinski definition) is 5. The quantitative estimate of drug-likeness (QED) is 0.482. The van der Waals surface area contributed by atoms with Crippen molar-refractivity contribution in [2.24, 2.45) is 17.8 Å². The summed E-state index contributed by atoms with van der Waals surface area (Å²) in [5.74, 6) is -2.53. The Morgan fingerprint density at radius 2 is 1.89 bits per heavy atom. The molecular formula is C25H31F2N5O4. The zero-order chi connectivity index (χ0) is 25.6. The Balaban J connectivity index is 1.28. The van der Waals surface area contributed by atoms with Crippen molar-refractivity contribution in [1.82, 2.24) is 20.1 Å². The standard InChI is InChI=1S/C25H31F2N5O4/c1-13-7-19(22(33)28-10-13)14(2)32-12-17(11-29-32)30-23(34)21(20(15-3-4-15)16-5-6-16)31-24(35)36-18-8-25(26,27)9-18/h7,10-12,14-16,18,20-21H,3-6,8-9H2,1-2H3,(H,28,33)(H,30,34)(H,31,35)/t14?,21-/m0/s1. The van der Waals surface area contributed by atoms with Gasteiger partial charge in [0, 0.05) is 30.8 Å². The monoisotopic (exact) mass is 503 g/mol. The van der Waals surface area contributed by atoms with Gasteiger partial charge in [0.15, 0.2) is 0 Å². The average molecular weight is 504 g/mol. The molecule has 0 bridgehead atoms. The van der Waals surface area contributed by atoms with Crippen molar-refractivity contribution in [2.75, 3.05) is 5.32 Å². The summed E-state index contributed by atoms with van der Waals surface area (Å²) >= 11 is 0. The lowest BCUT2D eigenvalue weighted by atomic mass is 9.88. The molecule has 3 N–H and O–H groups in total. The molecule has 2 atom stereocenters. The van der Waals surface area contributed by atoms with E-state index in [0.717, 1.165) is 31.2 Å². The van der Waals surface area contributed by atoms with Crippen LogP contribution in [0.5, 0.6) is 0 Å². The van der Waals surface area contributed by atoms with Crippen molar-refractivity contribution in [1.29, 1.82) is 0 Å². The molecule has 0 spiro atoms. The van der Waals surface area contributed by atoms with Crippen LogP contribution in [0.4, 0.5) is 19.3 Å². The molecule has 2 amide bonds. The molecule has 2 aromatic rings. The number of aromatic nitrogens is 3. The van der Waals surface area contributed by atoms with E-state index in [0.29, 0.717) is 23.1 Å². The number of aryl methyl sites for hydroxylation is 1. The summed E-state index contributed by atoms with van der Waals surface area (Å²) in [5.41, 5.74) is 1.68. The van der Waals surface area contributed by atoms with Crippen LogP contribution in [0.1, 0.15) is 62.6 Å². The van der Waals surface area contributed by atoms with Gasteiger partial charge < -0.3 is 20.4 Å². The maximum absolute atomic E-state index is 13.4. The highest BCUT2D eigenvalue weighted by Gasteiger charge is 2.50. The van der Waals surface area contributed by atoms with Crippen molar-refractivity contribution in [3.05, 3.63) is 46.1 Å². The van der Waals surface area contributed by atoms with Gasteiger partial charge in [0.05, 0.1) is 17.9 Å². The number of aromatic amines is 1. The van der Waals surface area contributed by atoms with Crippen LogP contribution in [0.15, 0.2) is 29.5 Å². The highest BCUT2D eigenvalue weighted by molar-refractivity contribution is 5.96. The third-order valence-corrected chi connectivity index (χ3v) is 7.39. The smallest absolute Gasteiger partial charge is 0.408 e. The Morgan fingerprint density at radius 3 is 2.50 bits per heavy atom. The van der Waals surface area contributed by atoms with Crippen LogP contribution in [-0.2, 0) is 9.53 Å². The molecule has 2 aromatic heterocycles. The minimum absolute atomic E-state index is 0.0276. The predicted octanol–water partition coefficient (Wildman–Crippen LogP) is 3.76. The van der Waals surface area contributed by atoms with Crippen LogP contribution in [0, 0.1) is 24.7 Å². The lowest BCUT2D eigenvalue weighted by Crippen LogP contribution is -2.52. The van der Waals surface area contributed by atoms with Crippen LogP contribution < -0.4 is 16.2 Å². The number of halogens is 2. The highest BCUT2D eigenvalue weighted by Crippen LogP contribution is 2.51. The molecule has 2 heterocycles. The van der Waals surface area contributed by atoms with E-state index < -0.39 is 42.9 Å². The maximum Gasteiger partial charge on any atom is 0.408 e. The Labute approximate surface area is 207 Å². The first-order valence-corrected chi connectivity index (χ1v) is 12.5. The lowest BCUT2D eigenvalue weighted by molar-refractivity contribution is -0.145. The number of nitrogens with zero attached hydrogens (tertiary/aromatic N) is 2. The molecule has 3 aliphatic rings. The SMILES string of the molecule is Cc1c[nH]c(=O)c(C(C)n2cc(NC(=O)[C@@H](NC(=O)OC3CC(F)(F)C3)C(C3CC3)C3CC3)cn2)c1. The topological polar surface area (TPSA) is 118 Å². The molecule has 0 aromatic carbocycles. The number of ether oxygens (including phenoxy) is 1. The van der Waals surface area contributed by atoms with Crippen molar-refractivity contribution < 1.29 is 23.1 Å². The number of amides is 2. The van der Waals surface area contributed by atoms with E-state index in [1.165, 1.54) is 6.20 Å². The molecule has 3 aliphatic carbocycles. The third-order valence-electron chi connectivity index (χ3n) is 7.39. The van der Waals surface area contributed by atoms with Crippen molar-refractivity contribution >= 4 is 17.7 Å². The fourth-order valence-corrected chi connectivity index (χ4v) is 5.13. The third kappa shape index (κ3) is 5.44. The summed E-state index contributed by atoms with van der Waals surface area (Å²) in [7, 11) is 0. The molecule has 0 saturated heterocycles. The van der Waals surface area contributed by atoms with Gasteiger partial charge in [-0.15, -0.1) is 0 Å². The van der Waals surface area contributed by atoms with Crippen LogP contribution in [-0.4, -0.2) is 44.8 Å². The van der Waals surface area contributed by atoms with Crippen molar-refractivity contribution in [3.8, 4) is 0 Å². The number of H-pyrrole nitrogens is 1. The Hall–Kier alpha value is -3.24. The van der Waals surface area contributed by atoms with Crippen LogP contribution in [0.2, 0.25) is 0 Å². The highest BCUT2D eigenvalue weighted by atomic mass is 19.3. The maximum atomic E-state index is 13.4. The second-order valence-electron chi connectivity index (χ2n) is 10.5. The number of alkyl carbamates (subject to hydrolysis) is 1. The normalized spacial score (nSPS) is 20.9. The largest absolute Gasteiger partial charge is 0.446 e. The molecular weight excluding hydrogens is 472 g/mol. The average Bonchev–Trinajstić information content (AvgIpc) is 3.73. The Bertz CT molecular complexity index is 1180. The van der Waals surface area contributed by atoms with E-state index in [-0.39, 0.29) is 17.5 Å². The van der Waals surface area contributed by atoms with Gasteiger partial charge in [-0.25, -0.2) is 13.6 Å². The number of rotatable bonds is 9. The summed E-state index contributed by atoms with van der Waals surface area (Å²) < 4.78 is 33.0. The molecule has 3 fully saturated rings. The van der Waals surface area contributed by atoms with E-state index >= 15 is 0 Å². The van der Waals surface area contributed by atoms with Crippen molar-refractivity contribution in [2.45, 2.75) is 76.5 Å². The van der Waals surface area contributed by atoms with Crippen molar-refractivity contribution in [3.63, 3.8) is 0 Å². The summed E-state index contributed by atoms with van der Waals surface area (Å²) in [6.07, 6.45) is 6.09. The zero-order valence-electron chi connectivity index (χ0n) is 20.3. The van der Waals surface area contributed by atoms with Gasteiger partial charge in [-0.1, -0.05) is 0 Å². The van der Waals surface area contributed by atoms with E-state index in [1.807, 2.05) is 13.8 Å². The first-order chi connectivity index (χ1) is 17.1. The molecule has 5 rings (SSSR count). The van der Waals surface area contributed by atoms with E-state index in [4.69, 9.17) is 4.74 Å². The summed E-state index contributed by atoms with van der Waals surface area (Å²) in [6, 6.07) is 0.594. The van der Waals surface area contributed by atoms with Gasteiger partial charge in [-0.3, -0.25) is 14.3 Å². The molecule has 1 unspecified atom stereocenters. The number of nitrogens with one attached hydrogen (secondary N) is 3. The Kier molecular flexibility index (Phi) is 6.34. The van der Waals surface area contributed by atoms with E-state index in [2.05, 4.69) is 20.7 Å². The van der Waals surface area contributed by atoms with Gasteiger partial charge in [-0.05, 0) is 68.9 Å². The zero-order valence-corrected chi connectivity index (χ0v) is 20.3. The van der Waals surface area contributed by atoms with Crippen LogP contribution >= 0.6 is 0 Å². The minimum Gasteiger partial charge on any atom is -0.446 e. The second kappa shape index (κ2) is 9.33. The van der Waals surface area contributed by atoms with Gasteiger partial charge in [-0.2, -0.15) is 5.10 Å². The lowest BCUT2D eigenvalue weighted by Gasteiger charge is -2.35. The molecule has 0 radical (unpaired) electrons. The van der Waals surface area contributed by atoms with Gasteiger partial charge in [0.2, 0.25) is 5.91 Å². The molecule has 9 nitrogen and oxygen atoms in total. The van der Waals surface area contributed by atoms with Crippen LogP contribution in [0.25, 0.3) is 0 Å². The van der Waals surface area contributed by atoms with E-state index in [1.54, 1.807) is 23.1 Å². The minimum atomic E-state index is -2.80. The first-order valence-electron chi connectivity index (χ1n) is 12.5. The van der Waals surface area contributed by atoms with E-state index in [9.17, 15) is 23.2 Å².